The number of benzene rings is 2. The van der Waals surface area contributed by atoms with E-state index in [0.717, 1.165) is 16.7 Å². The molecule has 0 saturated carbocycles. The van der Waals surface area contributed by atoms with Gasteiger partial charge in [0.15, 0.2) is 5.78 Å². The molecule has 0 fully saturated rings. The average Bonchev–Trinajstić information content (AvgIpc) is 2.48. The fraction of sp³-hybridized carbons (Fsp3) is 0.222. The molecular weight excluding hydrogens is 262 g/mol. The zero-order valence-corrected chi connectivity index (χ0v) is 12.4. The van der Waals surface area contributed by atoms with E-state index in [-0.39, 0.29) is 5.78 Å². The third-order valence-electron chi connectivity index (χ3n) is 3.46. The van der Waals surface area contributed by atoms with Gasteiger partial charge in [-0.3, -0.25) is 4.79 Å². The van der Waals surface area contributed by atoms with E-state index in [1.807, 2.05) is 44.2 Å². The van der Waals surface area contributed by atoms with Crippen molar-refractivity contribution in [1.82, 2.24) is 0 Å². The van der Waals surface area contributed by atoms with Crippen molar-refractivity contribution in [2.75, 3.05) is 7.11 Å². The average molecular weight is 279 g/mol. The molecule has 0 saturated heterocycles. The van der Waals surface area contributed by atoms with Crippen molar-refractivity contribution < 1.29 is 9.53 Å². The Morgan fingerprint density at radius 1 is 1.19 bits per heavy atom. The van der Waals surface area contributed by atoms with E-state index < -0.39 is 5.92 Å². The highest BCUT2D eigenvalue weighted by molar-refractivity contribution is 6.03. The predicted molar refractivity (Wildman–Crippen MR) is 81.6 cm³/mol. The van der Waals surface area contributed by atoms with Crippen LogP contribution in [-0.2, 0) is 0 Å². The Labute approximate surface area is 124 Å². The summed E-state index contributed by atoms with van der Waals surface area (Å²) in [7, 11) is 1.57. The van der Waals surface area contributed by atoms with Crippen molar-refractivity contribution in [2.45, 2.75) is 19.8 Å². The van der Waals surface area contributed by atoms with Crippen molar-refractivity contribution in [3.63, 3.8) is 0 Å². The van der Waals surface area contributed by atoms with Crippen LogP contribution in [0.4, 0.5) is 0 Å². The van der Waals surface area contributed by atoms with Crippen molar-refractivity contribution in [1.29, 1.82) is 5.26 Å². The molecule has 0 bridgehead atoms. The number of aryl methyl sites for hydroxylation is 2. The summed E-state index contributed by atoms with van der Waals surface area (Å²) in [5, 5.41) is 9.38. The molecule has 1 atom stereocenters. The Hall–Kier alpha value is -2.60. The van der Waals surface area contributed by atoms with Crippen LogP contribution in [0.2, 0.25) is 0 Å². The van der Waals surface area contributed by atoms with Gasteiger partial charge in [-0.05, 0) is 31.0 Å². The number of ketones is 1. The number of hydrogen-bond donors (Lipinski definition) is 0. The summed E-state index contributed by atoms with van der Waals surface area (Å²) in [6.07, 6.45) is 0. The van der Waals surface area contributed by atoms with Gasteiger partial charge in [-0.15, -0.1) is 0 Å². The molecule has 0 heterocycles. The van der Waals surface area contributed by atoms with Gasteiger partial charge in [-0.25, -0.2) is 0 Å². The number of rotatable bonds is 4. The molecule has 0 spiro atoms. The van der Waals surface area contributed by atoms with Gasteiger partial charge in [0.25, 0.3) is 0 Å². The Kier molecular flexibility index (Phi) is 4.39. The van der Waals surface area contributed by atoms with Gasteiger partial charge in [0.2, 0.25) is 0 Å². The van der Waals surface area contributed by atoms with Gasteiger partial charge in [0.05, 0.1) is 13.2 Å². The van der Waals surface area contributed by atoms with Crippen LogP contribution in [0.25, 0.3) is 0 Å². The standard InChI is InChI=1S/C18H17NO2/c1-12-5-4-6-14(9-12)16(11-19)18(20)15-8-7-13(2)17(10-15)21-3/h4-10,16H,1-3H3. The topological polar surface area (TPSA) is 50.1 Å². The lowest BCUT2D eigenvalue weighted by Crippen LogP contribution is -2.11. The Morgan fingerprint density at radius 2 is 1.95 bits per heavy atom. The normalized spacial score (nSPS) is 11.5. The molecule has 0 N–H and O–H groups in total. The second-order valence-electron chi connectivity index (χ2n) is 5.02. The van der Waals surface area contributed by atoms with Gasteiger partial charge in [-0.1, -0.05) is 42.0 Å². The lowest BCUT2D eigenvalue weighted by Gasteiger charge is -2.11. The number of carbonyl (C=O) groups is 1. The maximum Gasteiger partial charge on any atom is 0.184 e. The molecule has 21 heavy (non-hydrogen) atoms. The van der Waals surface area contributed by atoms with E-state index in [1.165, 1.54) is 0 Å². The zero-order chi connectivity index (χ0) is 15.4. The number of methoxy groups -OCH3 is 1. The van der Waals surface area contributed by atoms with Gasteiger partial charge in [0, 0.05) is 5.56 Å². The fourth-order valence-corrected chi connectivity index (χ4v) is 2.27. The quantitative estimate of drug-likeness (QED) is 0.800. The van der Waals surface area contributed by atoms with Crippen LogP contribution in [-0.4, -0.2) is 12.9 Å². The fourth-order valence-electron chi connectivity index (χ4n) is 2.27. The maximum atomic E-state index is 12.6. The lowest BCUT2D eigenvalue weighted by molar-refractivity contribution is 0.0978. The highest BCUT2D eigenvalue weighted by atomic mass is 16.5. The Bertz CT molecular complexity index is 713. The van der Waals surface area contributed by atoms with Crippen LogP contribution in [0.1, 0.15) is 33.0 Å². The highest BCUT2D eigenvalue weighted by Crippen LogP contribution is 2.25. The number of hydrogen-bond acceptors (Lipinski definition) is 3. The first-order valence-corrected chi connectivity index (χ1v) is 6.72. The molecule has 2 aromatic carbocycles. The second kappa shape index (κ2) is 6.23. The van der Waals surface area contributed by atoms with Crippen LogP contribution in [0.5, 0.6) is 5.75 Å². The molecule has 3 nitrogen and oxygen atoms in total. The van der Waals surface area contributed by atoms with E-state index in [4.69, 9.17) is 4.74 Å². The minimum Gasteiger partial charge on any atom is -0.496 e. The largest absolute Gasteiger partial charge is 0.496 e. The first kappa shape index (κ1) is 14.8. The molecule has 0 amide bonds. The van der Waals surface area contributed by atoms with Crippen LogP contribution in [0, 0.1) is 25.2 Å². The molecule has 1 unspecified atom stereocenters. The van der Waals surface area contributed by atoms with E-state index in [1.54, 1.807) is 19.2 Å². The van der Waals surface area contributed by atoms with Crippen LogP contribution in [0.3, 0.4) is 0 Å². The van der Waals surface area contributed by atoms with E-state index in [9.17, 15) is 10.1 Å². The number of nitriles is 1. The van der Waals surface area contributed by atoms with Crippen molar-refractivity contribution in [3.8, 4) is 11.8 Å². The molecule has 3 heteroatoms. The summed E-state index contributed by atoms with van der Waals surface area (Å²) in [4.78, 5) is 12.6. The van der Waals surface area contributed by atoms with Crippen molar-refractivity contribution >= 4 is 5.78 Å². The number of Topliss-reactive ketones (excluding diaryl/α,β-unsaturated/α-hetero) is 1. The first-order valence-electron chi connectivity index (χ1n) is 6.72. The van der Waals surface area contributed by atoms with E-state index in [2.05, 4.69) is 6.07 Å². The minimum atomic E-state index is -0.794. The maximum absolute atomic E-state index is 12.6. The summed E-state index contributed by atoms with van der Waals surface area (Å²) in [6, 6.07) is 14.8. The van der Waals surface area contributed by atoms with Crippen molar-refractivity contribution in [3.05, 3.63) is 64.7 Å². The lowest BCUT2D eigenvalue weighted by atomic mass is 9.90. The van der Waals surface area contributed by atoms with E-state index in [0.29, 0.717) is 11.3 Å². The number of carbonyl (C=O) groups excluding carboxylic acids is 1. The van der Waals surface area contributed by atoms with Crippen LogP contribution in [0.15, 0.2) is 42.5 Å². The van der Waals surface area contributed by atoms with Crippen molar-refractivity contribution in [2.24, 2.45) is 0 Å². The molecule has 0 aliphatic carbocycles. The third kappa shape index (κ3) is 3.11. The summed E-state index contributed by atoms with van der Waals surface area (Å²) in [5.41, 5.74) is 3.20. The van der Waals surface area contributed by atoms with Gasteiger partial charge >= 0.3 is 0 Å². The smallest absolute Gasteiger partial charge is 0.184 e. The summed E-state index contributed by atoms with van der Waals surface area (Å²) >= 11 is 0. The molecule has 2 aromatic rings. The predicted octanol–water partition coefficient (Wildman–Crippen LogP) is 3.80. The third-order valence-corrected chi connectivity index (χ3v) is 3.46. The number of ether oxygens (including phenoxy) is 1. The summed E-state index contributed by atoms with van der Waals surface area (Å²) in [5.74, 6) is -0.347. The van der Waals surface area contributed by atoms with Gasteiger partial charge in [0.1, 0.15) is 11.7 Å². The Morgan fingerprint density at radius 3 is 2.57 bits per heavy atom. The molecule has 0 aliphatic rings. The van der Waals surface area contributed by atoms with Crippen LogP contribution >= 0.6 is 0 Å². The first-order chi connectivity index (χ1) is 10.1. The molecule has 106 valence electrons. The minimum absolute atomic E-state index is 0.207. The van der Waals surface area contributed by atoms with Crippen LogP contribution < -0.4 is 4.74 Å². The summed E-state index contributed by atoms with van der Waals surface area (Å²) in [6.45, 7) is 3.85. The number of nitrogens with zero attached hydrogens (tertiary/aromatic N) is 1. The van der Waals surface area contributed by atoms with E-state index >= 15 is 0 Å². The Balaban J connectivity index is 2.40. The summed E-state index contributed by atoms with van der Waals surface area (Å²) < 4.78 is 5.24. The zero-order valence-electron chi connectivity index (χ0n) is 12.4. The van der Waals surface area contributed by atoms with Gasteiger partial charge < -0.3 is 4.74 Å². The van der Waals surface area contributed by atoms with Gasteiger partial charge in [-0.2, -0.15) is 5.26 Å². The molecular formula is C18H17NO2. The molecule has 2 rings (SSSR count). The highest BCUT2D eigenvalue weighted by Gasteiger charge is 2.22. The molecule has 0 radical (unpaired) electrons. The molecule has 0 aromatic heterocycles. The second-order valence-corrected chi connectivity index (χ2v) is 5.02. The SMILES string of the molecule is COc1cc(C(=O)C(C#N)c2cccc(C)c2)ccc1C. The molecule has 0 aliphatic heterocycles. The monoisotopic (exact) mass is 279 g/mol.